The molecule has 1 amide bonds. The van der Waals surface area contributed by atoms with Crippen molar-refractivity contribution >= 4 is 11.7 Å². The second-order valence-corrected chi connectivity index (χ2v) is 4.15. The molecule has 5 nitrogen and oxygen atoms in total. The maximum atomic E-state index is 10.9. The van der Waals surface area contributed by atoms with E-state index in [4.69, 9.17) is 0 Å². The monoisotopic (exact) mass is 220 g/mol. The van der Waals surface area contributed by atoms with E-state index in [1.165, 1.54) is 0 Å². The normalized spacial score (nSPS) is 19.9. The Hall–Kier alpha value is -1.65. The first-order chi connectivity index (χ1) is 7.65. The van der Waals surface area contributed by atoms with Crippen LogP contribution in [-0.2, 0) is 4.79 Å². The summed E-state index contributed by atoms with van der Waals surface area (Å²) in [4.78, 5) is 21.4. The van der Waals surface area contributed by atoms with Crippen LogP contribution in [0.1, 0.15) is 19.0 Å². The number of nitrogens with zero attached hydrogens (tertiary/aromatic N) is 3. The third kappa shape index (κ3) is 2.48. The van der Waals surface area contributed by atoms with Crippen molar-refractivity contribution in [2.24, 2.45) is 0 Å². The van der Waals surface area contributed by atoms with Crippen LogP contribution in [-0.4, -0.2) is 35.0 Å². The highest BCUT2D eigenvalue weighted by atomic mass is 16.1. The van der Waals surface area contributed by atoms with E-state index in [1.54, 1.807) is 13.3 Å². The molecule has 2 heterocycles. The largest absolute Gasteiger partial charge is 0.354 e. The molecule has 0 aliphatic carbocycles. The Morgan fingerprint density at radius 3 is 3.06 bits per heavy atom. The van der Waals surface area contributed by atoms with Gasteiger partial charge in [0.1, 0.15) is 12.1 Å². The van der Waals surface area contributed by atoms with Crippen molar-refractivity contribution in [3.63, 3.8) is 0 Å². The lowest BCUT2D eigenvalue weighted by Crippen LogP contribution is -2.35. The maximum absolute atomic E-state index is 10.9. The maximum Gasteiger partial charge on any atom is 0.217 e. The van der Waals surface area contributed by atoms with Crippen molar-refractivity contribution in [3.05, 3.63) is 18.1 Å². The summed E-state index contributed by atoms with van der Waals surface area (Å²) in [5, 5.41) is 2.93. The molecule has 5 heteroatoms. The van der Waals surface area contributed by atoms with Gasteiger partial charge in [0.05, 0.1) is 0 Å². The van der Waals surface area contributed by atoms with Gasteiger partial charge in [-0.15, -0.1) is 0 Å². The van der Waals surface area contributed by atoms with Crippen LogP contribution in [0.15, 0.2) is 12.4 Å². The molecular formula is C11H16N4O. The van der Waals surface area contributed by atoms with Crippen LogP contribution in [0.25, 0.3) is 0 Å². The van der Waals surface area contributed by atoms with E-state index >= 15 is 0 Å². The topological polar surface area (TPSA) is 58.1 Å². The zero-order chi connectivity index (χ0) is 11.5. The number of aromatic nitrogens is 2. The van der Waals surface area contributed by atoms with E-state index < -0.39 is 0 Å². The van der Waals surface area contributed by atoms with Crippen LogP contribution in [0.3, 0.4) is 0 Å². The Morgan fingerprint density at radius 2 is 2.38 bits per heavy atom. The van der Waals surface area contributed by atoms with Crippen molar-refractivity contribution in [3.8, 4) is 0 Å². The molecule has 16 heavy (non-hydrogen) atoms. The number of carbonyl (C=O) groups excluding carboxylic acids is 1. The molecule has 1 aliphatic rings. The number of amides is 1. The van der Waals surface area contributed by atoms with Crippen LogP contribution in [0.4, 0.5) is 5.82 Å². The lowest BCUT2D eigenvalue weighted by molar-refractivity contribution is -0.119. The van der Waals surface area contributed by atoms with Gasteiger partial charge in [-0.3, -0.25) is 4.79 Å². The molecule has 1 fully saturated rings. The van der Waals surface area contributed by atoms with Crippen molar-refractivity contribution in [1.82, 2.24) is 15.3 Å². The average Bonchev–Trinajstić information content (AvgIpc) is 2.65. The van der Waals surface area contributed by atoms with Gasteiger partial charge in [-0.05, 0) is 13.3 Å². The van der Waals surface area contributed by atoms with Gasteiger partial charge in [-0.25, -0.2) is 9.97 Å². The number of anilines is 1. The molecule has 1 atom stereocenters. The van der Waals surface area contributed by atoms with E-state index in [0.29, 0.717) is 0 Å². The number of nitrogens with one attached hydrogen (secondary N) is 1. The molecule has 1 N–H and O–H groups in total. The summed E-state index contributed by atoms with van der Waals surface area (Å²) in [6, 6.07) is 2.21. The summed E-state index contributed by atoms with van der Waals surface area (Å²) >= 11 is 0. The molecule has 1 aliphatic heterocycles. The Kier molecular flexibility index (Phi) is 3.03. The van der Waals surface area contributed by atoms with Crippen LogP contribution in [0.2, 0.25) is 0 Å². The van der Waals surface area contributed by atoms with E-state index in [2.05, 4.69) is 20.2 Å². The summed E-state index contributed by atoms with van der Waals surface area (Å²) in [5.74, 6) is 0.978. The summed E-state index contributed by atoms with van der Waals surface area (Å²) in [5.41, 5.74) is 0.966. The summed E-state index contributed by atoms with van der Waals surface area (Å²) in [7, 11) is 0. The van der Waals surface area contributed by atoms with Gasteiger partial charge in [0, 0.05) is 37.8 Å². The number of carbonyl (C=O) groups is 1. The SMILES string of the molecule is CC(=O)NC1CCN(c2cc(C)ncn2)C1. The predicted octanol–water partition coefficient (Wildman–Crippen LogP) is 0.500. The summed E-state index contributed by atoms with van der Waals surface area (Å²) in [6.45, 7) is 5.27. The van der Waals surface area contributed by atoms with Crippen molar-refractivity contribution in [2.45, 2.75) is 26.3 Å². The van der Waals surface area contributed by atoms with Gasteiger partial charge in [-0.1, -0.05) is 0 Å². The second kappa shape index (κ2) is 4.47. The molecule has 0 aromatic carbocycles. The van der Waals surface area contributed by atoms with Crippen LogP contribution >= 0.6 is 0 Å². The first kappa shape index (κ1) is 10.9. The number of aryl methyl sites for hydroxylation is 1. The standard InChI is InChI=1S/C11H16N4O/c1-8-5-11(13-7-12-8)15-4-3-10(6-15)14-9(2)16/h5,7,10H,3-4,6H2,1-2H3,(H,14,16). The molecule has 1 saturated heterocycles. The summed E-state index contributed by atoms with van der Waals surface area (Å²) < 4.78 is 0. The second-order valence-electron chi connectivity index (χ2n) is 4.15. The third-order valence-electron chi connectivity index (χ3n) is 2.71. The van der Waals surface area contributed by atoms with Crippen molar-refractivity contribution in [2.75, 3.05) is 18.0 Å². The molecule has 0 radical (unpaired) electrons. The molecule has 0 bridgehead atoms. The highest BCUT2D eigenvalue weighted by Crippen LogP contribution is 2.17. The highest BCUT2D eigenvalue weighted by molar-refractivity contribution is 5.73. The van der Waals surface area contributed by atoms with Crippen molar-refractivity contribution in [1.29, 1.82) is 0 Å². The van der Waals surface area contributed by atoms with Gasteiger partial charge in [0.2, 0.25) is 5.91 Å². The quantitative estimate of drug-likeness (QED) is 0.788. The Morgan fingerprint density at radius 1 is 1.56 bits per heavy atom. The molecule has 1 aromatic rings. The molecule has 0 saturated carbocycles. The van der Waals surface area contributed by atoms with Gasteiger partial charge in [0.15, 0.2) is 0 Å². The van der Waals surface area contributed by atoms with Gasteiger partial charge in [0.25, 0.3) is 0 Å². The number of hydrogen-bond donors (Lipinski definition) is 1. The van der Waals surface area contributed by atoms with Gasteiger partial charge < -0.3 is 10.2 Å². The summed E-state index contributed by atoms with van der Waals surface area (Å²) in [6.07, 6.45) is 2.55. The number of hydrogen-bond acceptors (Lipinski definition) is 4. The van der Waals surface area contributed by atoms with Crippen molar-refractivity contribution < 1.29 is 4.79 Å². The van der Waals surface area contributed by atoms with E-state index in [0.717, 1.165) is 31.0 Å². The minimum Gasteiger partial charge on any atom is -0.354 e. The molecule has 0 spiro atoms. The molecular weight excluding hydrogens is 204 g/mol. The Balaban J connectivity index is 2.00. The fraction of sp³-hybridized carbons (Fsp3) is 0.545. The molecule has 1 unspecified atom stereocenters. The molecule has 1 aromatic heterocycles. The fourth-order valence-corrected chi connectivity index (χ4v) is 1.99. The zero-order valence-corrected chi connectivity index (χ0v) is 9.60. The fourth-order valence-electron chi connectivity index (χ4n) is 1.99. The molecule has 86 valence electrons. The van der Waals surface area contributed by atoms with E-state index in [-0.39, 0.29) is 11.9 Å². The highest BCUT2D eigenvalue weighted by Gasteiger charge is 2.23. The first-order valence-corrected chi connectivity index (χ1v) is 5.46. The van der Waals surface area contributed by atoms with Crippen LogP contribution in [0, 0.1) is 6.92 Å². The minimum atomic E-state index is 0.0331. The predicted molar refractivity (Wildman–Crippen MR) is 61.2 cm³/mol. The van der Waals surface area contributed by atoms with E-state index in [1.807, 2.05) is 13.0 Å². The Bertz CT molecular complexity index is 393. The minimum absolute atomic E-state index is 0.0331. The van der Waals surface area contributed by atoms with Crippen LogP contribution < -0.4 is 10.2 Å². The van der Waals surface area contributed by atoms with Gasteiger partial charge >= 0.3 is 0 Å². The Labute approximate surface area is 94.9 Å². The lowest BCUT2D eigenvalue weighted by atomic mass is 10.3. The first-order valence-electron chi connectivity index (χ1n) is 5.46. The molecule has 2 rings (SSSR count). The number of rotatable bonds is 2. The smallest absolute Gasteiger partial charge is 0.217 e. The average molecular weight is 220 g/mol. The van der Waals surface area contributed by atoms with Gasteiger partial charge in [-0.2, -0.15) is 0 Å². The lowest BCUT2D eigenvalue weighted by Gasteiger charge is -2.17. The zero-order valence-electron chi connectivity index (χ0n) is 9.60. The van der Waals surface area contributed by atoms with Crippen LogP contribution in [0.5, 0.6) is 0 Å². The van der Waals surface area contributed by atoms with E-state index in [9.17, 15) is 4.79 Å². The third-order valence-corrected chi connectivity index (χ3v) is 2.71.